The van der Waals surface area contributed by atoms with E-state index in [0.29, 0.717) is 4.90 Å². The van der Waals surface area contributed by atoms with E-state index >= 15 is 0 Å². The standard InChI is InChI=1S/C16H14F4N4O3/c17-10-5-2-1-4-9(10)14-23-22-12(27-14)8-21-13(25)11-6-3-7-24(11)15(26)16(18,19)20/h1-2,4-5,11H,3,6-8H2,(H,21,25). The van der Waals surface area contributed by atoms with Gasteiger partial charge in [0.25, 0.3) is 5.89 Å². The molecule has 2 heterocycles. The molecular weight excluding hydrogens is 372 g/mol. The van der Waals surface area contributed by atoms with Gasteiger partial charge in [0.15, 0.2) is 0 Å². The number of hydrogen-bond donors (Lipinski definition) is 1. The zero-order valence-corrected chi connectivity index (χ0v) is 13.8. The van der Waals surface area contributed by atoms with Crippen molar-refractivity contribution in [2.45, 2.75) is 31.6 Å². The maximum atomic E-state index is 13.7. The second-order valence-electron chi connectivity index (χ2n) is 5.85. The lowest BCUT2D eigenvalue weighted by atomic mass is 10.2. The number of nitrogens with one attached hydrogen (secondary N) is 1. The Morgan fingerprint density at radius 1 is 1.26 bits per heavy atom. The summed E-state index contributed by atoms with van der Waals surface area (Å²) >= 11 is 0. The SMILES string of the molecule is O=C(NCc1nnc(-c2ccccc2F)o1)C1CCCN1C(=O)C(F)(F)F. The molecule has 0 radical (unpaired) electrons. The van der Waals surface area contributed by atoms with Crippen LogP contribution in [0.4, 0.5) is 17.6 Å². The van der Waals surface area contributed by atoms with Crippen LogP contribution in [0.15, 0.2) is 28.7 Å². The summed E-state index contributed by atoms with van der Waals surface area (Å²) < 4.78 is 56.7. The molecule has 11 heteroatoms. The number of carbonyl (C=O) groups is 2. The maximum Gasteiger partial charge on any atom is 0.471 e. The van der Waals surface area contributed by atoms with Crippen molar-refractivity contribution in [3.63, 3.8) is 0 Å². The molecule has 1 aromatic heterocycles. The van der Waals surface area contributed by atoms with Crippen molar-refractivity contribution in [1.29, 1.82) is 0 Å². The number of halogens is 4. The van der Waals surface area contributed by atoms with Gasteiger partial charge in [-0.05, 0) is 25.0 Å². The second-order valence-corrected chi connectivity index (χ2v) is 5.85. The molecule has 7 nitrogen and oxygen atoms in total. The van der Waals surface area contributed by atoms with Crippen LogP contribution in [0.1, 0.15) is 18.7 Å². The molecule has 1 atom stereocenters. The first-order valence-corrected chi connectivity index (χ1v) is 8.00. The molecular formula is C16H14F4N4O3. The van der Waals surface area contributed by atoms with Gasteiger partial charge in [0.05, 0.1) is 12.1 Å². The minimum atomic E-state index is -5.04. The van der Waals surface area contributed by atoms with Crippen LogP contribution >= 0.6 is 0 Å². The smallest absolute Gasteiger partial charge is 0.419 e. The van der Waals surface area contributed by atoms with Crippen molar-refractivity contribution >= 4 is 11.8 Å². The molecule has 1 aliphatic rings. The third kappa shape index (κ3) is 4.07. The fourth-order valence-electron chi connectivity index (χ4n) is 2.79. The minimum absolute atomic E-state index is 0.0479. The Labute approximate surface area is 150 Å². The Kier molecular flexibility index (Phi) is 5.10. The van der Waals surface area contributed by atoms with E-state index in [0.717, 1.165) is 0 Å². The van der Waals surface area contributed by atoms with E-state index in [-0.39, 0.29) is 43.3 Å². The Balaban J connectivity index is 1.63. The monoisotopic (exact) mass is 386 g/mol. The molecule has 0 spiro atoms. The fourth-order valence-corrected chi connectivity index (χ4v) is 2.79. The molecule has 27 heavy (non-hydrogen) atoms. The Morgan fingerprint density at radius 2 is 2.00 bits per heavy atom. The zero-order valence-electron chi connectivity index (χ0n) is 13.8. The molecule has 1 unspecified atom stereocenters. The summed E-state index contributed by atoms with van der Waals surface area (Å²) in [5.74, 6) is -3.50. The molecule has 1 aromatic carbocycles. The second kappa shape index (κ2) is 7.33. The number of hydrogen-bond acceptors (Lipinski definition) is 5. The number of carbonyl (C=O) groups excluding carboxylic acids is 2. The summed E-state index contributed by atoms with van der Waals surface area (Å²) in [5, 5.41) is 9.71. The number of rotatable bonds is 4. The first-order valence-electron chi connectivity index (χ1n) is 8.00. The number of amides is 2. The van der Waals surface area contributed by atoms with Crippen LogP contribution in [-0.4, -0.2) is 45.7 Å². The Hall–Kier alpha value is -2.98. The van der Waals surface area contributed by atoms with Crippen molar-refractivity contribution in [2.24, 2.45) is 0 Å². The third-order valence-corrected chi connectivity index (χ3v) is 4.04. The number of alkyl halides is 3. The number of nitrogens with zero attached hydrogens (tertiary/aromatic N) is 3. The highest BCUT2D eigenvalue weighted by atomic mass is 19.4. The molecule has 3 rings (SSSR count). The van der Waals surface area contributed by atoms with Crippen LogP contribution in [0, 0.1) is 5.82 Å². The van der Waals surface area contributed by atoms with Crippen LogP contribution in [0.5, 0.6) is 0 Å². The predicted molar refractivity (Wildman–Crippen MR) is 82.3 cm³/mol. The summed E-state index contributed by atoms with van der Waals surface area (Å²) in [5.41, 5.74) is 0.0836. The van der Waals surface area contributed by atoms with Gasteiger partial charge < -0.3 is 14.6 Å². The van der Waals surface area contributed by atoms with Gasteiger partial charge in [-0.15, -0.1) is 10.2 Å². The van der Waals surface area contributed by atoms with E-state index < -0.39 is 29.8 Å². The summed E-state index contributed by atoms with van der Waals surface area (Å²) in [6.45, 7) is -0.404. The lowest BCUT2D eigenvalue weighted by Crippen LogP contribution is -2.50. The topological polar surface area (TPSA) is 88.3 Å². The van der Waals surface area contributed by atoms with Gasteiger partial charge in [-0.3, -0.25) is 9.59 Å². The molecule has 1 saturated heterocycles. The van der Waals surface area contributed by atoms with Gasteiger partial charge in [-0.25, -0.2) is 4.39 Å². The lowest BCUT2D eigenvalue weighted by Gasteiger charge is -2.24. The lowest BCUT2D eigenvalue weighted by molar-refractivity contribution is -0.186. The summed E-state index contributed by atoms with van der Waals surface area (Å²) in [7, 11) is 0. The predicted octanol–water partition coefficient (Wildman–Crippen LogP) is 2.05. The van der Waals surface area contributed by atoms with Gasteiger partial charge in [0.2, 0.25) is 11.8 Å². The summed E-state index contributed by atoms with van der Waals surface area (Å²) in [4.78, 5) is 24.1. The van der Waals surface area contributed by atoms with Gasteiger partial charge in [-0.1, -0.05) is 12.1 Å². The Morgan fingerprint density at radius 3 is 2.70 bits per heavy atom. The van der Waals surface area contributed by atoms with E-state index in [9.17, 15) is 27.2 Å². The van der Waals surface area contributed by atoms with Crippen molar-refractivity contribution in [3.05, 3.63) is 36.0 Å². The van der Waals surface area contributed by atoms with Gasteiger partial charge in [-0.2, -0.15) is 13.2 Å². The molecule has 1 N–H and O–H groups in total. The van der Waals surface area contributed by atoms with Crippen molar-refractivity contribution in [3.8, 4) is 11.5 Å². The summed E-state index contributed by atoms with van der Waals surface area (Å²) in [6.07, 6.45) is -4.63. The van der Waals surface area contributed by atoms with Gasteiger partial charge in [0, 0.05) is 6.54 Å². The van der Waals surface area contributed by atoms with Gasteiger partial charge >= 0.3 is 12.1 Å². The molecule has 1 fully saturated rings. The normalized spacial score (nSPS) is 17.2. The summed E-state index contributed by atoms with van der Waals surface area (Å²) in [6, 6.07) is 4.51. The Bertz CT molecular complexity index is 852. The van der Waals surface area contributed by atoms with Crippen LogP contribution < -0.4 is 5.32 Å². The van der Waals surface area contributed by atoms with E-state index in [1.165, 1.54) is 18.2 Å². The van der Waals surface area contributed by atoms with Crippen LogP contribution in [0.2, 0.25) is 0 Å². The zero-order chi connectivity index (χ0) is 19.6. The van der Waals surface area contributed by atoms with Crippen molar-refractivity contribution in [1.82, 2.24) is 20.4 Å². The molecule has 1 aliphatic heterocycles. The highest BCUT2D eigenvalue weighted by molar-refractivity contribution is 5.90. The largest absolute Gasteiger partial charge is 0.471 e. The molecule has 144 valence electrons. The van der Waals surface area contributed by atoms with Crippen LogP contribution in [-0.2, 0) is 16.1 Å². The van der Waals surface area contributed by atoms with Crippen LogP contribution in [0.25, 0.3) is 11.5 Å². The van der Waals surface area contributed by atoms with E-state index in [4.69, 9.17) is 4.42 Å². The molecule has 2 aromatic rings. The molecule has 0 saturated carbocycles. The average Bonchev–Trinajstić information content (AvgIpc) is 3.28. The van der Waals surface area contributed by atoms with E-state index in [1.807, 2.05) is 0 Å². The van der Waals surface area contributed by atoms with Crippen molar-refractivity contribution in [2.75, 3.05) is 6.54 Å². The molecule has 2 amide bonds. The number of benzene rings is 1. The van der Waals surface area contributed by atoms with Crippen LogP contribution in [0.3, 0.4) is 0 Å². The molecule has 0 bridgehead atoms. The third-order valence-electron chi connectivity index (χ3n) is 4.04. The minimum Gasteiger partial charge on any atom is -0.419 e. The fraction of sp³-hybridized carbons (Fsp3) is 0.375. The highest BCUT2D eigenvalue weighted by Crippen LogP contribution is 2.26. The van der Waals surface area contributed by atoms with E-state index in [2.05, 4.69) is 15.5 Å². The maximum absolute atomic E-state index is 13.7. The molecule has 0 aliphatic carbocycles. The van der Waals surface area contributed by atoms with Gasteiger partial charge in [0.1, 0.15) is 11.9 Å². The quantitative estimate of drug-likeness (QED) is 0.813. The first-order chi connectivity index (χ1) is 12.8. The highest BCUT2D eigenvalue weighted by Gasteiger charge is 2.47. The average molecular weight is 386 g/mol. The number of likely N-dealkylation sites (tertiary alicyclic amines) is 1. The van der Waals surface area contributed by atoms with E-state index in [1.54, 1.807) is 6.07 Å². The first kappa shape index (κ1) is 18.8. The van der Waals surface area contributed by atoms with Crippen molar-refractivity contribution < 1.29 is 31.6 Å². The number of aromatic nitrogens is 2.